The minimum Gasteiger partial charge on any atom is -0.314 e. The molecule has 0 atom stereocenters. The van der Waals surface area contributed by atoms with Gasteiger partial charge in [0, 0.05) is 6.04 Å². The average molecular weight is 246 g/mol. The van der Waals surface area contributed by atoms with Crippen LogP contribution in [0.2, 0.25) is 0 Å². The molecule has 3 heteroatoms. The van der Waals surface area contributed by atoms with E-state index in [0.717, 1.165) is 37.8 Å². The molecule has 1 fully saturated rings. The van der Waals surface area contributed by atoms with Gasteiger partial charge in [0.1, 0.15) is 5.82 Å². The number of nitrogens with zero attached hydrogens (tertiary/aromatic N) is 1. The number of nitriles is 1. The monoisotopic (exact) mass is 246 g/mol. The van der Waals surface area contributed by atoms with E-state index in [0.29, 0.717) is 17.5 Å². The zero-order valence-electron chi connectivity index (χ0n) is 10.7. The van der Waals surface area contributed by atoms with Gasteiger partial charge in [-0.3, -0.25) is 0 Å². The van der Waals surface area contributed by atoms with Gasteiger partial charge >= 0.3 is 0 Å². The van der Waals surface area contributed by atoms with Crippen molar-refractivity contribution in [3.63, 3.8) is 0 Å². The predicted molar refractivity (Wildman–Crippen MR) is 69.8 cm³/mol. The van der Waals surface area contributed by atoms with Crippen LogP contribution in [0.5, 0.6) is 0 Å². The molecule has 2 rings (SSSR count). The number of benzene rings is 1. The fourth-order valence-corrected chi connectivity index (χ4v) is 2.82. The zero-order chi connectivity index (χ0) is 13.0. The molecule has 0 bridgehead atoms. The maximum absolute atomic E-state index is 13.9. The molecule has 1 saturated carbocycles. The summed E-state index contributed by atoms with van der Waals surface area (Å²) in [4.78, 5) is 0. The Morgan fingerprint density at radius 3 is 2.61 bits per heavy atom. The summed E-state index contributed by atoms with van der Waals surface area (Å²) in [5.41, 5.74) is 1.18. The molecule has 1 N–H and O–H groups in total. The van der Waals surface area contributed by atoms with Crippen molar-refractivity contribution >= 4 is 0 Å². The number of hydrogen-bond acceptors (Lipinski definition) is 2. The van der Waals surface area contributed by atoms with E-state index in [1.807, 2.05) is 6.07 Å². The summed E-state index contributed by atoms with van der Waals surface area (Å²) >= 11 is 0. The van der Waals surface area contributed by atoms with Gasteiger partial charge in [0.25, 0.3) is 0 Å². The third-order valence-corrected chi connectivity index (χ3v) is 3.79. The van der Waals surface area contributed by atoms with E-state index in [9.17, 15) is 4.39 Å². The lowest BCUT2D eigenvalue weighted by molar-refractivity contribution is 0.342. The Bertz CT molecular complexity index is 442. The predicted octanol–water partition coefficient (Wildman–Crippen LogP) is 3.33. The first-order valence-corrected chi connectivity index (χ1v) is 6.67. The minimum absolute atomic E-state index is 0.221. The number of halogens is 1. The van der Waals surface area contributed by atoms with Crippen LogP contribution in [0, 0.1) is 17.1 Å². The summed E-state index contributed by atoms with van der Waals surface area (Å²) in [5.74, 6) is 0.0913. The zero-order valence-corrected chi connectivity index (χ0v) is 10.7. The third-order valence-electron chi connectivity index (χ3n) is 3.79. The van der Waals surface area contributed by atoms with Crippen LogP contribution < -0.4 is 5.32 Å². The molecule has 0 aliphatic heterocycles. The normalized spacial score (nSPS) is 23.6. The first kappa shape index (κ1) is 13.0. The number of hydrogen-bond donors (Lipinski definition) is 1. The summed E-state index contributed by atoms with van der Waals surface area (Å²) in [6.07, 6.45) is 4.27. The van der Waals surface area contributed by atoms with Crippen LogP contribution in [-0.2, 0) is 0 Å². The Balaban J connectivity index is 2.04. The van der Waals surface area contributed by atoms with Crippen molar-refractivity contribution in [2.75, 3.05) is 6.54 Å². The van der Waals surface area contributed by atoms with Crippen LogP contribution in [0.4, 0.5) is 4.39 Å². The molecular formula is C15H19FN2. The van der Waals surface area contributed by atoms with E-state index in [1.165, 1.54) is 6.07 Å². The quantitative estimate of drug-likeness (QED) is 0.888. The van der Waals surface area contributed by atoms with Gasteiger partial charge in [-0.25, -0.2) is 4.39 Å². The van der Waals surface area contributed by atoms with Gasteiger partial charge in [-0.1, -0.05) is 13.0 Å². The second-order valence-electron chi connectivity index (χ2n) is 4.95. The molecule has 2 nitrogen and oxygen atoms in total. The van der Waals surface area contributed by atoms with Gasteiger partial charge in [0.05, 0.1) is 11.6 Å². The summed E-state index contributed by atoms with van der Waals surface area (Å²) in [5, 5.41) is 12.2. The highest BCUT2D eigenvalue weighted by Gasteiger charge is 2.23. The topological polar surface area (TPSA) is 35.8 Å². The lowest BCUT2D eigenvalue weighted by Crippen LogP contribution is -2.32. The molecule has 18 heavy (non-hydrogen) atoms. The Hall–Kier alpha value is -1.40. The van der Waals surface area contributed by atoms with Gasteiger partial charge in [-0.15, -0.1) is 0 Å². The van der Waals surface area contributed by atoms with E-state index >= 15 is 0 Å². The van der Waals surface area contributed by atoms with Gasteiger partial charge in [-0.05, 0) is 55.8 Å². The highest BCUT2D eigenvalue weighted by Crippen LogP contribution is 2.34. The van der Waals surface area contributed by atoms with Crippen molar-refractivity contribution in [2.24, 2.45) is 0 Å². The lowest BCUT2D eigenvalue weighted by Gasteiger charge is -2.29. The molecular weight excluding hydrogens is 227 g/mol. The van der Waals surface area contributed by atoms with Gasteiger partial charge in [0.15, 0.2) is 0 Å². The Labute approximate surface area is 108 Å². The molecule has 1 aliphatic carbocycles. The van der Waals surface area contributed by atoms with E-state index < -0.39 is 0 Å². The van der Waals surface area contributed by atoms with Gasteiger partial charge in [0.2, 0.25) is 0 Å². The molecule has 1 aromatic carbocycles. The molecule has 1 aromatic rings. The highest BCUT2D eigenvalue weighted by atomic mass is 19.1. The summed E-state index contributed by atoms with van der Waals surface area (Å²) < 4.78 is 13.9. The van der Waals surface area contributed by atoms with Gasteiger partial charge < -0.3 is 5.32 Å². The summed E-state index contributed by atoms with van der Waals surface area (Å²) in [6.45, 7) is 3.12. The molecule has 0 amide bonds. The van der Waals surface area contributed by atoms with Crippen LogP contribution in [0.3, 0.4) is 0 Å². The summed E-state index contributed by atoms with van der Waals surface area (Å²) in [6, 6.07) is 7.42. The standard InChI is InChI=1S/C15H19FN2/c1-2-18-13-6-4-12(5-7-13)14-8-3-11(10-17)9-15(14)16/h3,8-9,12-13,18H,2,4-7H2,1H3. The van der Waals surface area contributed by atoms with Crippen LogP contribution in [0.15, 0.2) is 18.2 Å². The minimum atomic E-state index is -0.221. The smallest absolute Gasteiger partial charge is 0.127 e. The molecule has 0 aromatic heterocycles. The van der Waals surface area contributed by atoms with Crippen LogP contribution in [-0.4, -0.2) is 12.6 Å². The molecule has 0 unspecified atom stereocenters. The third kappa shape index (κ3) is 2.88. The molecule has 0 heterocycles. The Kier molecular flexibility index (Phi) is 4.33. The van der Waals surface area contributed by atoms with E-state index in [-0.39, 0.29) is 5.82 Å². The second kappa shape index (κ2) is 5.97. The average Bonchev–Trinajstić information content (AvgIpc) is 2.40. The molecule has 0 radical (unpaired) electrons. The van der Waals surface area contributed by atoms with E-state index in [1.54, 1.807) is 12.1 Å². The van der Waals surface area contributed by atoms with E-state index in [2.05, 4.69) is 12.2 Å². The SMILES string of the molecule is CCNC1CCC(c2ccc(C#N)cc2F)CC1. The largest absolute Gasteiger partial charge is 0.314 e. The lowest BCUT2D eigenvalue weighted by atomic mass is 9.81. The Morgan fingerprint density at radius 2 is 2.06 bits per heavy atom. The maximum Gasteiger partial charge on any atom is 0.127 e. The van der Waals surface area contributed by atoms with Crippen LogP contribution >= 0.6 is 0 Å². The molecule has 0 saturated heterocycles. The van der Waals surface area contributed by atoms with Crippen molar-refractivity contribution < 1.29 is 4.39 Å². The number of nitrogens with one attached hydrogen (secondary N) is 1. The van der Waals surface area contributed by atoms with Crippen molar-refractivity contribution in [3.8, 4) is 6.07 Å². The molecule has 1 aliphatic rings. The van der Waals surface area contributed by atoms with Crippen molar-refractivity contribution in [1.29, 1.82) is 5.26 Å². The fraction of sp³-hybridized carbons (Fsp3) is 0.533. The summed E-state index contributed by atoms with van der Waals surface area (Å²) in [7, 11) is 0. The van der Waals surface area contributed by atoms with Crippen molar-refractivity contribution in [1.82, 2.24) is 5.32 Å². The van der Waals surface area contributed by atoms with Crippen LogP contribution in [0.25, 0.3) is 0 Å². The van der Waals surface area contributed by atoms with Crippen molar-refractivity contribution in [3.05, 3.63) is 35.1 Å². The molecule has 0 spiro atoms. The van der Waals surface area contributed by atoms with Crippen LogP contribution in [0.1, 0.15) is 49.7 Å². The highest BCUT2D eigenvalue weighted by molar-refractivity contribution is 5.34. The van der Waals surface area contributed by atoms with Crippen molar-refractivity contribution in [2.45, 2.75) is 44.6 Å². The number of rotatable bonds is 3. The second-order valence-corrected chi connectivity index (χ2v) is 4.95. The first-order valence-electron chi connectivity index (χ1n) is 6.67. The molecule has 96 valence electrons. The van der Waals surface area contributed by atoms with Gasteiger partial charge in [-0.2, -0.15) is 5.26 Å². The maximum atomic E-state index is 13.9. The fourth-order valence-electron chi connectivity index (χ4n) is 2.82. The Morgan fingerprint density at radius 1 is 1.33 bits per heavy atom. The first-order chi connectivity index (χ1) is 8.74. The van der Waals surface area contributed by atoms with E-state index in [4.69, 9.17) is 5.26 Å².